The first-order valence-corrected chi connectivity index (χ1v) is 13.8. The first-order valence-electron chi connectivity index (χ1n) is 13.8. The third-order valence-electron chi connectivity index (χ3n) is 7.69. The molecule has 0 unspecified atom stereocenters. The van der Waals surface area contributed by atoms with Gasteiger partial charge in [0, 0.05) is 57.1 Å². The van der Waals surface area contributed by atoms with E-state index in [2.05, 4.69) is 51.2 Å². The number of hydrogen-bond donors (Lipinski definition) is 0. The number of benzene rings is 3. The Morgan fingerprint density at radius 2 is 1.41 bits per heavy atom. The molecule has 2 aliphatic heterocycles. The maximum atomic E-state index is 12.7. The number of hydrogen-bond acceptors (Lipinski definition) is 8. The average Bonchev–Trinajstić information content (AvgIpc) is 3.49. The number of piperazine rings is 1. The molecule has 0 saturated carbocycles. The molecule has 0 radical (unpaired) electrons. The minimum atomic E-state index is 0.159. The van der Waals surface area contributed by atoms with Gasteiger partial charge in [0.15, 0.2) is 11.5 Å². The van der Waals surface area contributed by atoms with E-state index in [1.165, 1.54) is 5.69 Å². The van der Waals surface area contributed by atoms with E-state index in [1.54, 1.807) is 0 Å². The van der Waals surface area contributed by atoms with Crippen LogP contribution in [0, 0.1) is 0 Å². The summed E-state index contributed by atoms with van der Waals surface area (Å²) in [5.74, 6) is 2.50. The van der Waals surface area contributed by atoms with Crippen LogP contribution in [0.2, 0.25) is 0 Å². The first-order chi connectivity index (χ1) is 20.2. The third kappa shape index (κ3) is 5.41. The van der Waals surface area contributed by atoms with Gasteiger partial charge in [-0.3, -0.25) is 14.8 Å². The number of aromatic nitrogens is 3. The van der Waals surface area contributed by atoms with Gasteiger partial charge >= 0.3 is 0 Å². The Hall–Kier alpha value is -4.98. The molecule has 1 fully saturated rings. The summed E-state index contributed by atoms with van der Waals surface area (Å²) in [7, 11) is 0. The Balaban J connectivity index is 1.01. The zero-order chi connectivity index (χ0) is 27.6. The maximum Gasteiger partial charge on any atom is 0.231 e. The highest BCUT2D eigenvalue weighted by Gasteiger charge is 2.19. The number of anilines is 2. The zero-order valence-electron chi connectivity index (χ0n) is 22.6. The molecule has 0 bridgehead atoms. The van der Waals surface area contributed by atoms with Crippen LogP contribution in [0.4, 0.5) is 11.5 Å². The number of rotatable bonds is 7. The van der Waals surface area contributed by atoms with E-state index in [0.29, 0.717) is 18.6 Å². The molecule has 0 spiro atoms. The van der Waals surface area contributed by atoms with E-state index < -0.39 is 0 Å². The highest BCUT2D eigenvalue weighted by atomic mass is 16.7. The van der Waals surface area contributed by atoms with Gasteiger partial charge in [0.2, 0.25) is 6.79 Å². The predicted molar refractivity (Wildman–Crippen MR) is 159 cm³/mol. The number of ketones is 1. The average molecular weight is 544 g/mol. The molecule has 0 amide bonds. The lowest BCUT2D eigenvalue weighted by Gasteiger charge is -2.36. The van der Waals surface area contributed by atoms with E-state index in [4.69, 9.17) is 19.4 Å². The minimum absolute atomic E-state index is 0.159. The van der Waals surface area contributed by atoms with Crippen molar-refractivity contribution in [2.24, 2.45) is 0 Å². The molecular weight excluding hydrogens is 514 g/mol. The highest BCUT2D eigenvalue weighted by molar-refractivity contribution is 5.84. The summed E-state index contributed by atoms with van der Waals surface area (Å²) in [6, 6.07) is 24.2. The van der Waals surface area contributed by atoms with Gasteiger partial charge in [-0.1, -0.05) is 36.4 Å². The van der Waals surface area contributed by atoms with Crippen molar-refractivity contribution < 1.29 is 14.3 Å². The Morgan fingerprint density at radius 1 is 0.707 bits per heavy atom. The van der Waals surface area contributed by atoms with E-state index in [-0.39, 0.29) is 12.6 Å². The van der Waals surface area contributed by atoms with Crippen LogP contribution in [0.3, 0.4) is 0 Å². The molecule has 8 heteroatoms. The molecule has 4 heterocycles. The molecule has 204 valence electrons. The van der Waals surface area contributed by atoms with E-state index >= 15 is 0 Å². The molecule has 2 aliphatic rings. The van der Waals surface area contributed by atoms with Crippen LogP contribution in [0.15, 0.2) is 91.4 Å². The van der Waals surface area contributed by atoms with Gasteiger partial charge in [-0.2, -0.15) is 0 Å². The summed E-state index contributed by atoms with van der Waals surface area (Å²) in [5.41, 5.74) is 7.03. The van der Waals surface area contributed by atoms with Crippen molar-refractivity contribution in [2.45, 2.75) is 12.8 Å². The molecule has 0 aliphatic carbocycles. The molecular formula is C33H29N5O3. The summed E-state index contributed by atoms with van der Waals surface area (Å²) in [6.45, 7) is 3.85. The number of pyridine rings is 1. The van der Waals surface area contributed by atoms with Gasteiger partial charge in [0.25, 0.3) is 0 Å². The van der Waals surface area contributed by atoms with Gasteiger partial charge in [-0.25, -0.2) is 4.98 Å². The predicted octanol–water partition coefficient (Wildman–Crippen LogP) is 5.10. The summed E-state index contributed by atoms with van der Waals surface area (Å²) >= 11 is 0. The number of ether oxygens (including phenoxy) is 2. The second-order valence-corrected chi connectivity index (χ2v) is 10.4. The van der Waals surface area contributed by atoms with Gasteiger partial charge < -0.3 is 19.3 Å². The Kier molecular flexibility index (Phi) is 6.64. The Bertz CT molecular complexity index is 1700. The second kappa shape index (κ2) is 10.9. The Labute approximate surface area is 238 Å². The van der Waals surface area contributed by atoms with Gasteiger partial charge in [0.1, 0.15) is 11.6 Å². The standard InChI is InChI=1S/C33H29N5O3/c39-28(18-24-3-8-31-32(19-24)41-22-40-31)17-23-1-4-25(5-2-23)26-6-7-29-30(20-26)36-33(21-35-29)38-15-13-37(14-16-38)27-9-11-34-12-10-27/h1-12,19-21H,13-18,22H2. The minimum Gasteiger partial charge on any atom is -0.454 e. The number of fused-ring (bicyclic) bond motifs is 2. The Morgan fingerprint density at radius 3 is 2.24 bits per heavy atom. The number of Topliss-reactive ketones (excluding diaryl/α,β-unsaturated/α-hetero) is 1. The smallest absolute Gasteiger partial charge is 0.231 e. The summed E-state index contributed by atoms with van der Waals surface area (Å²) in [6.07, 6.45) is 6.30. The van der Waals surface area contributed by atoms with E-state index in [9.17, 15) is 4.79 Å². The lowest BCUT2D eigenvalue weighted by Crippen LogP contribution is -2.46. The highest BCUT2D eigenvalue weighted by Crippen LogP contribution is 2.33. The van der Waals surface area contributed by atoms with Crippen molar-refractivity contribution in [3.8, 4) is 22.6 Å². The largest absolute Gasteiger partial charge is 0.454 e. The fourth-order valence-corrected chi connectivity index (χ4v) is 5.47. The lowest BCUT2D eigenvalue weighted by atomic mass is 9.99. The number of carbonyl (C=O) groups excluding carboxylic acids is 1. The molecule has 3 aromatic carbocycles. The second-order valence-electron chi connectivity index (χ2n) is 10.4. The maximum absolute atomic E-state index is 12.7. The SMILES string of the molecule is O=C(Cc1ccc(-c2ccc3ncc(N4CCN(c5ccncc5)CC4)nc3c2)cc1)Cc1ccc2c(c1)OCO2. The van der Waals surface area contributed by atoms with Crippen molar-refractivity contribution in [3.05, 3.63) is 103 Å². The zero-order valence-corrected chi connectivity index (χ0v) is 22.6. The van der Waals surface area contributed by atoms with Crippen LogP contribution in [0.5, 0.6) is 11.5 Å². The normalized spacial score (nSPS) is 14.4. The quantitative estimate of drug-likeness (QED) is 0.281. The summed E-state index contributed by atoms with van der Waals surface area (Å²) in [5, 5.41) is 0. The van der Waals surface area contributed by atoms with Crippen LogP contribution in [0.1, 0.15) is 11.1 Å². The van der Waals surface area contributed by atoms with Gasteiger partial charge in [0.05, 0.1) is 17.2 Å². The molecule has 1 saturated heterocycles. The molecule has 0 N–H and O–H groups in total. The number of carbonyl (C=O) groups is 1. The first kappa shape index (κ1) is 25.0. The van der Waals surface area contributed by atoms with E-state index in [0.717, 1.165) is 71.0 Å². The van der Waals surface area contributed by atoms with Crippen LogP contribution in [-0.2, 0) is 17.6 Å². The van der Waals surface area contributed by atoms with E-state index in [1.807, 2.05) is 55.0 Å². The van der Waals surface area contributed by atoms with Crippen LogP contribution >= 0.6 is 0 Å². The summed E-state index contributed by atoms with van der Waals surface area (Å²) in [4.78, 5) is 31.2. The topological polar surface area (TPSA) is 80.7 Å². The van der Waals surface area contributed by atoms with Crippen molar-refractivity contribution in [3.63, 3.8) is 0 Å². The molecule has 5 aromatic rings. The van der Waals surface area contributed by atoms with Crippen molar-refractivity contribution >= 4 is 28.3 Å². The molecule has 7 rings (SSSR count). The van der Waals surface area contributed by atoms with Crippen LogP contribution in [-0.4, -0.2) is 53.7 Å². The fourth-order valence-electron chi connectivity index (χ4n) is 5.47. The third-order valence-corrected chi connectivity index (χ3v) is 7.69. The fraction of sp³-hybridized carbons (Fsp3) is 0.212. The van der Waals surface area contributed by atoms with Crippen LogP contribution in [0.25, 0.3) is 22.2 Å². The summed E-state index contributed by atoms with van der Waals surface area (Å²) < 4.78 is 10.8. The van der Waals surface area contributed by atoms with Gasteiger partial charge in [-0.05, 0) is 58.7 Å². The lowest BCUT2D eigenvalue weighted by molar-refractivity contribution is -0.117. The monoisotopic (exact) mass is 543 g/mol. The van der Waals surface area contributed by atoms with Crippen LogP contribution < -0.4 is 19.3 Å². The van der Waals surface area contributed by atoms with Crippen molar-refractivity contribution in [1.29, 1.82) is 0 Å². The molecule has 41 heavy (non-hydrogen) atoms. The van der Waals surface area contributed by atoms with Crippen molar-refractivity contribution in [2.75, 3.05) is 42.8 Å². The molecule has 2 aromatic heterocycles. The van der Waals surface area contributed by atoms with Crippen molar-refractivity contribution in [1.82, 2.24) is 15.0 Å². The molecule has 0 atom stereocenters. The van der Waals surface area contributed by atoms with Gasteiger partial charge in [-0.15, -0.1) is 0 Å². The number of nitrogens with zero attached hydrogens (tertiary/aromatic N) is 5. The molecule has 8 nitrogen and oxygen atoms in total.